The summed E-state index contributed by atoms with van der Waals surface area (Å²) in [5.74, 6) is 0.0556. The Kier molecular flexibility index (Phi) is 5.49. The van der Waals surface area contributed by atoms with E-state index in [9.17, 15) is 0 Å². The fourth-order valence-corrected chi connectivity index (χ4v) is 1.96. The van der Waals surface area contributed by atoms with E-state index in [4.69, 9.17) is 10.8 Å². The summed E-state index contributed by atoms with van der Waals surface area (Å²) < 4.78 is 1.31. The van der Waals surface area contributed by atoms with Crippen molar-refractivity contribution in [2.24, 2.45) is 0 Å². The SMILES string of the molecule is Cc1cccc(I)c1.Nc1cc(O)nc(S)n1. The maximum atomic E-state index is 8.71. The van der Waals surface area contributed by atoms with E-state index in [1.807, 2.05) is 0 Å². The van der Waals surface area contributed by atoms with E-state index in [1.54, 1.807) is 0 Å². The van der Waals surface area contributed by atoms with Gasteiger partial charge in [0.25, 0.3) is 0 Å². The molecule has 0 aliphatic heterocycles. The summed E-state index contributed by atoms with van der Waals surface area (Å²) in [4.78, 5) is 7.07. The molecule has 17 heavy (non-hydrogen) atoms. The van der Waals surface area contributed by atoms with Crippen molar-refractivity contribution in [1.82, 2.24) is 9.97 Å². The number of aryl methyl sites for hydroxylation is 1. The number of anilines is 1. The van der Waals surface area contributed by atoms with Crippen LogP contribution in [0, 0.1) is 10.5 Å². The first-order chi connectivity index (χ1) is 7.97. The van der Waals surface area contributed by atoms with Gasteiger partial charge in [0.15, 0.2) is 5.16 Å². The number of hydrogen-bond acceptors (Lipinski definition) is 5. The molecule has 0 atom stereocenters. The maximum Gasteiger partial charge on any atom is 0.216 e. The number of thiol groups is 1. The molecule has 0 aliphatic carbocycles. The van der Waals surface area contributed by atoms with Crippen LogP contribution in [0.15, 0.2) is 35.5 Å². The molecule has 0 aliphatic rings. The van der Waals surface area contributed by atoms with E-state index in [2.05, 4.69) is 76.4 Å². The van der Waals surface area contributed by atoms with Crippen LogP contribution in [0.3, 0.4) is 0 Å². The van der Waals surface area contributed by atoms with Crippen LogP contribution in [0.4, 0.5) is 5.82 Å². The van der Waals surface area contributed by atoms with Crippen molar-refractivity contribution in [1.29, 1.82) is 0 Å². The van der Waals surface area contributed by atoms with Crippen molar-refractivity contribution in [2.75, 3.05) is 5.73 Å². The summed E-state index contributed by atoms with van der Waals surface area (Å²) >= 11 is 6.07. The molecule has 0 saturated carbocycles. The number of aromatic hydroxyl groups is 1. The van der Waals surface area contributed by atoms with Gasteiger partial charge in [-0.1, -0.05) is 17.7 Å². The summed E-state index contributed by atoms with van der Waals surface area (Å²) in [6.07, 6.45) is 0. The number of nitrogens with zero attached hydrogens (tertiary/aromatic N) is 2. The zero-order valence-electron chi connectivity index (χ0n) is 9.13. The topological polar surface area (TPSA) is 72.0 Å². The number of hydrogen-bond donors (Lipinski definition) is 3. The second kappa shape index (κ2) is 6.65. The Hall–Kier alpha value is -1.02. The average molecular weight is 361 g/mol. The minimum Gasteiger partial charge on any atom is -0.493 e. The van der Waals surface area contributed by atoms with E-state index in [0.29, 0.717) is 0 Å². The lowest BCUT2D eigenvalue weighted by molar-refractivity contribution is 0.446. The summed E-state index contributed by atoms with van der Waals surface area (Å²) in [6, 6.07) is 9.66. The van der Waals surface area contributed by atoms with Gasteiger partial charge in [-0.2, -0.15) is 4.98 Å². The lowest BCUT2D eigenvalue weighted by atomic mass is 10.2. The molecule has 6 heteroatoms. The van der Waals surface area contributed by atoms with Crippen molar-refractivity contribution in [2.45, 2.75) is 12.1 Å². The van der Waals surface area contributed by atoms with Gasteiger partial charge < -0.3 is 10.8 Å². The molecule has 4 nitrogen and oxygen atoms in total. The maximum absolute atomic E-state index is 8.71. The molecule has 0 amide bonds. The van der Waals surface area contributed by atoms with Crippen molar-refractivity contribution < 1.29 is 5.11 Å². The molecule has 1 aromatic carbocycles. The largest absolute Gasteiger partial charge is 0.493 e. The summed E-state index contributed by atoms with van der Waals surface area (Å²) in [5.41, 5.74) is 6.53. The number of nitrogens with two attached hydrogens (primary N) is 1. The molecular weight excluding hydrogens is 349 g/mol. The van der Waals surface area contributed by atoms with Crippen LogP contribution in [0.2, 0.25) is 0 Å². The van der Waals surface area contributed by atoms with Crippen LogP contribution in [0.25, 0.3) is 0 Å². The van der Waals surface area contributed by atoms with Crippen LogP contribution in [0.1, 0.15) is 5.56 Å². The third-order valence-electron chi connectivity index (χ3n) is 1.70. The van der Waals surface area contributed by atoms with Crippen LogP contribution in [-0.2, 0) is 0 Å². The molecule has 3 N–H and O–H groups in total. The van der Waals surface area contributed by atoms with E-state index in [-0.39, 0.29) is 16.9 Å². The van der Waals surface area contributed by atoms with E-state index < -0.39 is 0 Å². The van der Waals surface area contributed by atoms with Crippen LogP contribution < -0.4 is 5.73 Å². The number of halogens is 1. The fraction of sp³-hybridized carbons (Fsp3) is 0.0909. The Morgan fingerprint density at radius 3 is 2.41 bits per heavy atom. The molecule has 0 saturated heterocycles. The van der Waals surface area contributed by atoms with Gasteiger partial charge in [0.05, 0.1) is 0 Å². The fourth-order valence-electron chi connectivity index (χ4n) is 1.05. The van der Waals surface area contributed by atoms with Gasteiger partial charge in [0.2, 0.25) is 5.88 Å². The third-order valence-corrected chi connectivity index (χ3v) is 2.57. The molecular formula is C11H12IN3OS. The number of rotatable bonds is 0. The highest BCUT2D eigenvalue weighted by atomic mass is 127. The Morgan fingerprint density at radius 1 is 1.29 bits per heavy atom. The van der Waals surface area contributed by atoms with Gasteiger partial charge in [-0.05, 0) is 41.6 Å². The minimum absolute atomic E-state index is 0.160. The van der Waals surface area contributed by atoms with Gasteiger partial charge in [0, 0.05) is 9.64 Å². The molecule has 0 radical (unpaired) electrons. The van der Waals surface area contributed by atoms with E-state index >= 15 is 0 Å². The predicted octanol–water partition coefficient (Wildman–Crippen LogP) is 2.65. The molecule has 0 spiro atoms. The zero-order chi connectivity index (χ0) is 12.8. The quantitative estimate of drug-likeness (QED) is 0.383. The van der Waals surface area contributed by atoms with E-state index in [0.717, 1.165) is 0 Å². The second-order valence-electron chi connectivity index (χ2n) is 3.25. The number of nitrogen functional groups attached to an aromatic ring is 1. The Morgan fingerprint density at radius 2 is 2.00 bits per heavy atom. The molecule has 0 unspecified atom stereocenters. The lowest BCUT2D eigenvalue weighted by Gasteiger charge is -1.93. The minimum atomic E-state index is -0.160. The van der Waals surface area contributed by atoms with Crippen LogP contribution >= 0.6 is 35.2 Å². The van der Waals surface area contributed by atoms with Gasteiger partial charge in [0.1, 0.15) is 5.82 Å². The van der Waals surface area contributed by atoms with Gasteiger partial charge in [-0.25, -0.2) is 4.98 Å². The monoisotopic (exact) mass is 361 g/mol. The first-order valence-electron chi connectivity index (χ1n) is 4.72. The third kappa shape index (κ3) is 5.73. The molecule has 1 heterocycles. The molecule has 90 valence electrons. The zero-order valence-corrected chi connectivity index (χ0v) is 12.2. The summed E-state index contributed by atoms with van der Waals surface area (Å²) in [5, 5.41) is 8.89. The molecule has 0 bridgehead atoms. The highest BCUT2D eigenvalue weighted by Crippen LogP contribution is 2.09. The predicted molar refractivity (Wildman–Crippen MR) is 79.3 cm³/mol. The normalized spacial score (nSPS) is 9.35. The van der Waals surface area contributed by atoms with Gasteiger partial charge >= 0.3 is 0 Å². The summed E-state index contributed by atoms with van der Waals surface area (Å²) in [6.45, 7) is 2.10. The van der Waals surface area contributed by atoms with Crippen molar-refractivity contribution in [3.05, 3.63) is 39.5 Å². The molecule has 2 rings (SSSR count). The second-order valence-corrected chi connectivity index (χ2v) is 4.90. The Labute approximate surface area is 119 Å². The van der Waals surface area contributed by atoms with E-state index in [1.165, 1.54) is 15.2 Å². The lowest BCUT2D eigenvalue weighted by Crippen LogP contribution is -1.91. The van der Waals surface area contributed by atoms with Crippen molar-refractivity contribution >= 4 is 41.0 Å². The number of aromatic nitrogens is 2. The Bertz CT molecular complexity index is 440. The first kappa shape index (κ1) is 14.0. The molecule has 2 aromatic rings. The highest BCUT2D eigenvalue weighted by molar-refractivity contribution is 14.1. The van der Waals surface area contributed by atoms with Gasteiger partial charge in [-0.3, -0.25) is 0 Å². The van der Waals surface area contributed by atoms with Crippen LogP contribution in [0.5, 0.6) is 5.88 Å². The average Bonchev–Trinajstić information content (AvgIpc) is 2.15. The Balaban J connectivity index is 0.000000171. The van der Waals surface area contributed by atoms with Gasteiger partial charge in [-0.15, -0.1) is 12.6 Å². The highest BCUT2D eigenvalue weighted by Gasteiger charge is 1.94. The molecule has 1 aromatic heterocycles. The van der Waals surface area contributed by atoms with Crippen molar-refractivity contribution in [3.8, 4) is 5.88 Å². The first-order valence-corrected chi connectivity index (χ1v) is 6.24. The number of benzene rings is 1. The smallest absolute Gasteiger partial charge is 0.216 e. The summed E-state index contributed by atoms with van der Waals surface area (Å²) in [7, 11) is 0. The molecule has 0 fully saturated rings. The van der Waals surface area contributed by atoms with Crippen LogP contribution in [-0.4, -0.2) is 15.1 Å². The standard InChI is InChI=1S/C7H7I.C4H5N3OS/c1-6-3-2-4-7(8)5-6;5-2-1-3(8)7-4(9)6-2/h2-5H,1H3;1H,(H4,5,6,7,8,9). The van der Waals surface area contributed by atoms with Crippen molar-refractivity contribution in [3.63, 3.8) is 0 Å².